The third kappa shape index (κ3) is 2.62. The summed E-state index contributed by atoms with van der Waals surface area (Å²) in [5, 5.41) is 0. The van der Waals surface area contributed by atoms with E-state index in [-0.39, 0.29) is 22.7 Å². The highest BCUT2D eigenvalue weighted by Gasteiger charge is 2.16. The number of alkyl halides is 3. The molecule has 1 rings (SSSR count). The van der Waals surface area contributed by atoms with Crippen LogP contribution in [-0.4, -0.2) is 18.1 Å². The van der Waals surface area contributed by atoms with Crippen molar-refractivity contribution in [3.05, 3.63) is 29.1 Å². The molecule has 0 aliphatic rings. The number of hydrogen-bond acceptors (Lipinski definition) is 3. The van der Waals surface area contributed by atoms with Crippen LogP contribution in [-0.2, 0) is 10.6 Å². The summed E-state index contributed by atoms with van der Waals surface area (Å²) < 4.78 is 29.0. The summed E-state index contributed by atoms with van der Waals surface area (Å²) in [4.78, 5) is 14.7. The molecule has 0 atom stereocenters. The molecule has 0 aromatic carbocycles. The van der Waals surface area contributed by atoms with Gasteiger partial charge in [0.05, 0.1) is 7.11 Å². The van der Waals surface area contributed by atoms with E-state index in [1.165, 1.54) is 7.11 Å². The van der Waals surface area contributed by atoms with Gasteiger partial charge in [0.25, 0.3) is 6.43 Å². The Hall–Kier alpha value is -1.23. The van der Waals surface area contributed by atoms with Crippen molar-refractivity contribution in [2.45, 2.75) is 12.3 Å². The molecule has 0 spiro atoms. The molecule has 0 fully saturated rings. The fourth-order valence-corrected chi connectivity index (χ4v) is 1.23. The lowest BCUT2D eigenvalue weighted by atomic mass is 10.1. The van der Waals surface area contributed by atoms with E-state index in [0.29, 0.717) is 0 Å². The SMILES string of the molecule is COC(=O)c1ncc(C(F)F)cc1CCl. The summed E-state index contributed by atoms with van der Waals surface area (Å²) in [5.41, 5.74) is -0.0588. The van der Waals surface area contributed by atoms with Crippen LogP contribution < -0.4 is 0 Å². The summed E-state index contributed by atoms with van der Waals surface area (Å²) in [6.07, 6.45) is -1.70. The van der Waals surface area contributed by atoms with Gasteiger partial charge in [-0.3, -0.25) is 0 Å². The van der Waals surface area contributed by atoms with Gasteiger partial charge in [-0.25, -0.2) is 18.6 Å². The van der Waals surface area contributed by atoms with Crippen molar-refractivity contribution >= 4 is 17.6 Å². The molecule has 0 unspecified atom stereocenters. The molecule has 82 valence electrons. The lowest BCUT2D eigenvalue weighted by Gasteiger charge is -2.06. The normalized spacial score (nSPS) is 10.5. The number of rotatable bonds is 3. The number of pyridine rings is 1. The minimum absolute atomic E-state index is 0.0306. The van der Waals surface area contributed by atoms with E-state index in [1.807, 2.05) is 0 Å². The topological polar surface area (TPSA) is 39.2 Å². The van der Waals surface area contributed by atoms with Crippen molar-refractivity contribution in [1.82, 2.24) is 4.98 Å². The monoisotopic (exact) mass is 235 g/mol. The molecule has 0 aliphatic heterocycles. The largest absolute Gasteiger partial charge is 0.464 e. The number of ether oxygens (including phenoxy) is 1. The summed E-state index contributed by atoms with van der Waals surface area (Å²) in [5.74, 6) is -0.760. The molecule has 6 heteroatoms. The first-order chi connectivity index (χ1) is 7.10. The number of nitrogens with zero attached hydrogens (tertiary/aromatic N) is 1. The highest BCUT2D eigenvalue weighted by molar-refractivity contribution is 6.17. The number of methoxy groups -OCH3 is 1. The van der Waals surface area contributed by atoms with Crippen LogP contribution in [0.3, 0.4) is 0 Å². The van der Waals surface area contributed by atoms with Crippen LogP contribution >= 0.6 is 11.6 Å². The van der Waals surface area contributed by atoms with Gasteiger partial charge in [-0.05, 0) is 6.07 Å². The van der Waals surface area contributed by atoms with Crippen molar-refractivity contribution in [2.75, 3.05) is 7.11 Å². The second-order valence-electron chi connectivity index (χ2n) is 2.70. The molecule has 0 saturated carbocycles. The molecule has 3 nitrogen and oxygen atoms in total. The fourth-order valence-electron chi connectivity index (χ4n) is 1.03. The van der Waals surface area contributed by atoms with Crippen LogP contribution in [0.2, 0.25) is 0 Å². The molecule has 1 heterocycles. The van der Waals surface area contributed by atoms with Crippen molar-refractivity contribution < 1.29 is 18.3 Å². The van der Waals surface area contributed by atoms with E-state index in [4.69, 9.17) is 11.6 Å². The second-order valence-corrected chi connectivity index (χ2v) is 2.97. The fraction of sp³-hybridized carbons (Fsp3) is 0.333. The van der Waals surface area contributed by atoms with Crippen molar-refractivity contribution in [3.8, 4) is 0 Å². The Labute approximate surface area is 90.0 Å². The number of carbonyl (C=O) groups is 1. The van der Waals surface area contributed by atoms with Gasteiger partial charge in [0, 0.05) is 23.2 Å². The Bertz CT molecular complexity index is 371. The molecule has 0 bridgehead atoms. The van der Waals surface area contributed by atoms with Crippen molar-refractivity contribution in [3.63, 3.8) is 0 Å². The third-order valence-electron chi connectivity index (χ3n) is 1.76. The van der Waals surface area contributed by atoms with Crippen LogP contribution in [0.15, 0.2) is 12.3 Å². The maximum absolute atomic E-state index is 12.3. The maximum Gasteiger partial charge on any atom is 0.356 e. The van der Waals surface area contributed by atoms with E-state index < -0.39 is 12.4 Å². The highest BCUT2D eigenvalue weighted by Crippen LogP contribution is 2.21. The van der Waals surface area contributed by atoms with Crippen LogP contribution in [0.1, 0.15) is 28.0 Å². The Balaban J connectivity index is 3.15. The van der Waals surface area contributed by atoms with Crippen LogP contribution in [0.4, 0.5) is 8.78 Å². The van der Waals surface area contributed by atoms with Gasteiger partial charge in [-0.1, -0.05) is 0 Å². The van der Waals surface area contributed by atoms with Gasteiger partial charge < -0.3 is 4.74 Å². The molecular weight excluding hydrogens is 228 g/mol. The molecule has 0 N–H and O–H groups in total. The van der Waals surface area contributed by atoms with Crippen LogP contribution in [0, 0.1) is 0 Å². The minimum Gasteiger partial charge on any atom is -0.464 e. The minimum atomic E-state index is -2.63. The number of esters is 1. The number of hydrogen-bond donors (Lipinski definition) is 0. The average molecular weight is 236 g/mol. The van der Waals surface area contributed by atoms with Gasteiger partial charge in [0.2, 0.25) is 0 Å². The molecular formula is C9H8ClF2NO2. The van der Waals surface area contributed by atoms with E-state index in [1.54, 1.807) is 0 Å². The first-order valence-electron chi connectivity index (χ1n) is 4.01. The van der Waals surface area contributed by atoms with Gasteiger partial charge in [0.15, 0.2) is 5.69 Å². The summed E-state index contributed by atoms with van der Waals surface area (Å²) >= 11 is 5.52. The van der Waals surface area contributed by atoms with E-state index in [2.05, 4.69) is 9.72 Å². The van der Waals surface area contributed by atoms with E-state index in [0.717, 1.165) is 12.3 Å². The van der Waals surface area contributed by atoms with Crippen LogP contribution in [0.5, 0.6) is 0 Å². The molecule has 0 amide bonds. The smallest absolute Gasteiger partial charge is 0.356 e. The first kappa shape index (κ1) is 11.8. The lowest BCUT2D eigenvalue weighted by molar-refractivity contribution is 0.0592. The zero-order chi connectivity index (χ0) is 11.4. The Morgan fingerprint density at radius 2 is 2.33 bits per heavy atom. The standard InChI is InChI=1S/C9H8ClF2NO2/c1-15-9(14)7-5(3-10)2-6(4-13-7)8(11)12/h2,4,8H,3H2,1H3. The van der Waals surface area contributed by atoms with Crippen molar-refractivity contribution in [1.29, 1.82) is 0 Å². The number of carbonyl (C=O) groups excluding carboxylic acids is 1. The molecule has 0 radical (unpaired) electrons. The molecule has 0 saturated heterocycles. The predicted octanol–water partition coefficient (Wildman–Crippen LogP) is 2.54. The lowest BCUT2D eigenvalue weighted by Crippen LogP contribution is -2.08. The highest BCUT2D eigenvalue weighted by atomic mass is 35.5. The molecule has 1 aromatic heterocycles. The summed E-state index contributed by atoms with van der Waals surface area (Å²) in [6.45, 7) is 0. The Morgan fingerprint density at radius 3 is 2.80 bits per heavy atom. The Morgan fingerprint density at radius 1 is 1.67 bits per heavy atom. The summed E-state index contributed by atoms with van der Waals surface area (Å²) in [6, 6.07) is 1.15. The van der Waals surface area contributed by atoms with E-state index >= 15 is 0 Å². The van der Waals surface area contributed by atoms with Gasteiger partial charge >= 0.3 is 5.97 Å². The average Bonchev–Trinajstić information content (AvgIpc) is 2.27. The predicted molar refractivity (Wildman–Crippen MR) is 50.1 cm³/mol. The quantitative estimate of drug-likeness (QED) is 0.597. The zero-order valence-electron chi connectivity index (χ0n) is 7.84. The zero-order valence-corrected chi connectivity index (χ0v) is 8.59. The molecule has 15 heavy (non-hydrogen) atoms. The first-order valence-corrected chi connectivity index (χ1v) is 4.54. The molecule has 1 aromatic rings. The van der Waals surface area contributed by atoms with Gasteiger partial charge in [-0.2, -0.15) is 0 Å². The summed E-state index contributed by atoms with van der Waals surface area (Å²) in [7, 11) is 1.18. The maximum atomic E-state index is 12.3. The van der Waals surface area contributed by atoms with E-state index in [9.17, 15) is 13.6 Å². The number of aromatic nitrogens is 1. The molecule has 0 aliphatic carbocycles. The van der Waals surface area contributed by atoms with Gasteiger partial charge in [-0.15, -0.1) is 11.6 Å². The van der Waals surface area contributed by atoms with Gasteiger partial charge in [0.1, 0.15) is 0 Å². The van der Waals surface area contributed by atoms with Crippen molar-refractivity contribution in [2.24, 2.45) is 0 Å². The second kappa shape index (κ2) is 5.02. The third-order valence-corrected chi connectivity index (χ3v) is 2.05. The number of halogens is 3. The van der Waals surface area contributed by atoms with Crippen LogP contribution in [0.25, 0.3) is 0 Å². The Kier molecular flexibility index (Phi) is 3.96.